The van der Waals surface area contributed by atoms with Crippen LogP contribution in [-0.2, 0) is 4.79 Å². The summed E-state index contributed by atoms with van der Waals surface area (Å²) in [4.78, 5) is 16.0. The lowest BCUT2D eigenvalue weighted by atomic mass is 10.2. The minimum Gasteiger partial charge on any atom is -0.295 e. The van der Waals surface area contributed by atoms with Gasteiger partial charge in [0.15, 0.2) is 5.16 Å². The van der Waals surface area contributed by atoms with E-state index in [2.05, 4.69) is 10.4 Å². The van der Waals surface area contributed by atoms with Crippen molar-refractivity contribution in [1.82, 2.24) is 20.0 Å². The van der Waals surface area contributed by atoms with Gasteiger partial charge in [0.05, 0.1) is 11.4 Å². The van der Waals surface area contributed by atoms with Gasteiger partial charge in [-0.1, -0.05) is 29.4 Å². The van der Waals surface area contributed by atoms with Crippen molar-refractivity contribution < 1.29 is 4.79 Å². The molecule has 1 N–H and O–H groups in total. The Kier molecular flexibility index (Phi) is 5.27. The van der Waals surface area contributed by atoms with Crippen LogP contribution in [0, 0.1) is 6.92 Å². The van der Waals surface area contributed by atoms with Gasteiger partial charge >= 0.3 is 0 Å². The second-order valence-corrected chi connectivity index (χ2v) is 6.03. The number of nitrogens with zero attached hydrogens (tertiary/aromatic N) is 3. The highest BCUT2D eigenvalue weighted by atomic mass is 35.5. The number of carbonyl (C=O) groups is 1. The fourth-order valence-electron chi connectivity index (χ4n) is 1.85. The van der Waals surface area contributed by atoms with Crippen molar-refractivity contribution >= 4 is 29.3 Å². The summed E-state index contributed by atoms with van der Waals surface area (Å²) in [5.74, 6) is 0.233. The fourth-order valence-corrected chi connectivity index (χ4v) is 2.78. The highest BCUT2D eigenvalue weighted by Gasteiger charge is 2.11. The number of rotatable bonds is 5. The van der Waals surface area contributed by atoms with Crippen molar-refractivity contribution in [3.63, 3.8) is 0 Å². The molecule has 0 fully saturated rings. The summed E-state index contributed by atoms with van der Waals surface area (Å²) in [5, 5.41) is 3.09. The van der Waals surface area contributed by atoms with Gasteiger partial charge in [0.2, 0.25) is 5.91 Å². The number of thioether (sulfide) groups is 1. The molecule has 0 aliphatic heterocycles. The lowest BCUT2D eigenvalue weighted by molar-refractivity contribution is -0.122. The topological polar surface area (TPSA) is 50.2 Å². The number of carbonyl (C=O) groups excluding carboxylic acids is 1. The lowest BCUT2D eigenvalue weighted by Crippen LogP contribution is -2.37. The van der Waals surface area contributed by atoms with Gasteiger partial charge < -0.3 is 0 Å². The minimum atomic E-state index is -0.0673. The molecule has 0 saturated carbocycles. The summed E-state index contributed by atoms with van der Waals surface area (Å²) < 4.78 is 1.94. The molecule has 0 spiro atoms. The number of aromatic nitrogens is 2. The van der Waals surface area contributed by atoms with Crippen LogP contribution in [0.15, 0.2) is 35.7 Å². The molecule has 1 aromatic heterocycles. The smallest absolute Gasteiger partial charge is 0.244 e. The maximum atomic E-state index is 11.7. The molecular weight excluding hydrogens is 308 g/mol. The first kappa shape index (κ1) is 15.9. The summed E-state index contributed by atoms with van der Waals surface area (Å²) >= 11 is 7.54. The molecule has 5 nitrogen and oxygen atoms in total. The lowest BCUT2D eigenvalue weighted by Gasteiger charge is -2.13. The van der Waals surface area contributed by atoms with Crippen LogP contribution in [0.5, 0.6) is 0 Å². The average molecular weight is 325 g/mol. The molecule has 0 bridgehead atoms. The Bertz CT molecular complexity index is 642. The number of imidazole rings is 1. The maximum Gasteiger partial charge on any atom is 0.244 e. The predicted octanol–water partition coefficient (Wildman–Crippen LogP) is 2.52. The second-order valence-electron chi connectivity index (χ2n) is 4.68. The van der Waals surface area contributed by atoms with E-state index in [1.807, 2.05) is 35.9 Å². The van der Waals surface area contributed by atoms with Gasteiger partial charge in [-0.25, -0.2) is 9.99 Å². The molecule has 0 saturated heterocycles. The average Bonchev–Trinajstić information content (AvgIpc) is 2.87. The van der Waals surface area contributed by atoms with Crippen LogP contribution < -0.4 is 5.43 Å². The van der Waals surface area contributed by atoms with E-state index >= 15 is 0 Å². The molecular formula is C14H17ClN4OS. The predicted molar refractivity (Wildman–Crippen MR) is 85.9 cm³/mol. The maximum absolute atomic E-state index is 11.7. The number of hydrazine groups is 1. The van der Waals surface area contributed by atoms with Gasteiger partial charge in [-0.3, -0.25) is 14.8 Å². The number of amides is 1. The molecule has 1 amide bonds. The van der Waals surface area contributed by atoms with Gasteiger partial charge in [0.1, 0.15) is 0 Å². The van der Waals surface area contributed by atoms with Crippen molar-refractivity contribution in [2.45, 2.75) is 12.1 Å². The van der Waals surface area contributed by atoms with Crippen LogP contribution in [0.2, 0.25) is 5.02 Å². The van der Waals surface area contributed by atoms with E-state index in [1.54, 1.807) is 25.3 Å². The quantitative estimate of drug-likeness (QED) is 0.678. The zero-order chi connectivity index (χ0) is 15.4. The van der Waals surface area contributed by atoms with Crippen molar-refractivity contribution in [2.75, 3.05) is 19.8 Å². The number of halogens is 1. The number of hydrogen-bond donors (Lipinski definition) is 1. The van der Waals surface area contributed by atoms with E-state index in [4.69, 9.17) is 11.6 Å². The first-order valence-electron chi connectivity index (χ1n) is 6.37. The molecule has 1 aromatic carbocycles. The Morgan fingerprint density at radius 3 is 2.95 bits per heavy atom. The highest BCUT2D eigenvalue weighted by molar-refractivity contribution is 7.99. The Balaban J connectivity index is 2.16. The second kappa shape index (κ2) is 6.98. The van der Waals surface area contributed by atoms with Gasteiger partial charge in [-0.15, -0.1) is 0 Å². The molecule has 2 rings (SSSR count). The van der Waals surface area contributed by atoms with Gasteiger partial charge in [0, 0.05) is 31.5 Å². The van der Waals surface area contributed by atoms with E-state index in [9.17, 15) is 4.79 Å². The summed E-state index contributed by atoms with van der Waals surface area (Å²) in [6.07, 6.45) is 3.58. The Morgan fingerprint density at radius 1 is 1.48 bits per heavy atom. The zero-order valence-electron chi connectivity index (χ0n) is 12.1. The van der Waals surface area contributed by atoms with E-state index in [1.165, 1.54) is 11.8 Å². The van der Waals surface area contributed by atoms with Crippen LogP contribution in [0.4, 0.5) is 0 Å². The summed E-state index contributed by atoms with van der Waals surface area (Å²) in [7, 11) is 3.55. The first-order chi connectivity index (χ1) is 9.99. The van der Waals surface area contributed by atoms with Crippen LogP contribution in [0.3, 0.4) is 0 Å². The first-order valence-corrected chi connectivity index (χ1v) is 7.74. The molecule has 21 heavy (non-hydrogen) atoms. The van der Waals surface area contributed by atoms with E-state index in [0.717, 1.165) is 16.4 Å². The van der Waals surface area contributed by atoms with Crippen LogP contribution in [0.1, 0.15) is 5.56 Å². The third-order valence-corrected chi connectivity index (χ3v) is 4.16. The highest BCUT2D eigenvalue weighted by Crippen LogP contribution is 2.26. The summed E-state index contributed by atoms with van der Waals surface area (Å²) in [6.45, 7) is 1.96. The molecule has 1 heterocycles. The molecule has 0 aliphatic rings. The molecule has 0 unspecified atom stereocenters. The minimum absolute atomic E-state index is 0.0673. The SMILES string of the molecule is Cc1c(Cl)cccc1-n1ccnc1SCC(=O)NN(C)C. The van der Waals surface area contributed by atoms with E-state index in [0.29, 0.717) is 10.8 Å². The Morgan fingerprint density at radius 2 is 2.24 bits per heavy atom. The van der Waals surface area contributed by atoms with Crippen LogP contribution in [0.25, 0.3) is 5.69 Å². The molecule has 7 heteroatoms. The molecule has 2 aromatic rings. The fraction of sp³-hybridized carbons (Fsp3) is 0.286. The normalized spacial score (nSPS) is 10.9. The van der Waals surface area contributed by atoms with Crippen molar-refractivity contribution in [2.24, 2.45) is 0 Å². The molecule has 0 atom stereocenters. The van der Waals surface area contributed by atoms with E-state index < -0.39 is 0 Å². The van der Waals surface area contributed by atoms with Crippen molar-refractivity contribution in [1.29, 1.82) is 0 Å². The van der Waals surface area contributed by atoms with Crippen molar-refractivity contribution in [3.05, 3.63) is 41.2 Å². The van der Waals surface area contributed by atoms with E-state index in [-0.39, 0.29) is 5.91 Å². The number of hydrogen-bond acceptors (Lipinski definition) is 4. The van der Waals surface area contributed by atoms with Gasteiger partial charge in [-0.05, 0) is 24.6 Å². The molecule has 0 radical (unpaired) electrons. The number of benzene rings is 1. The van der Waals surface area contributed by atoms with Crippen LogP contribution in [-0.4, -0.2) is 40.3 Å². The third kappa shape index (κ3) is 4.00. The Hall–Kier alpha value is -1.50. The number of nitrogens with one attached hydrogen (secondary N) is 1. The largest absolute Gasteiger partial charge is 0.295 e. The molecule has 112 valence electrons. The third-order valence-electron chi connectivity index (χ3n) is 2.79. The standard InChI is InChI=1S/C14H17ClN4OS/c1-10-11(15)5-4-6-12(10)19-8-7-16-14(19)21-9-13(20)17-18(2)3/h4-8H,9H2,1-3H3,(H,17,20). The molecule has 0 aliphatic carbocycles. The van der Waals surface area contributed by atoms with Crippen LogP contribution >= 0.6 is 23.4 Å². The summed E-state index contributed by atoms with van der Waals surface area (Å²) in [5.41, 5.74) is 4.65. The Labute approximate surface area is 133 Å². The summed E-state index contributed by atoms with van der Waals surface area (Å²) in [6, 6.07) is 5.74. The van der Waals surface area contributed by atoms with Gasteiger partial charge in [-0.2, -0.15) is 0 Å². The monoisotopic (exact) mass is 324 g/mol. The zero-order valence-corrected chi connectivity index (χ0v) is 13.7. The van der Waals surface area contributed by atoms with Gasteiger partial charge in [0.25, 0.3) is 0 Å². The van der Waals surface area contributed by atoms with Crippen molar-refractivity contribution in [3.8, 4) is 5.69 Å².